The van der Waals surface area contributed by atoms with Crippen LogP contribution in [0.25, 0.3) is 0 Å². The number of nitrogens with two attached hydrogens (primary N) is 1. The highest BCUT2D eigenvalue weighted by Crippen LogP contribution is 2.41. The maximum atomic E-state index is 12.7. The molecule has 12 nitrogen and oxygen atoms in total. The summed E-state index contributed by atoms with van der Waals surface area (Å²) in [4.78, 5) is 46.2. The number of nitrogens with zero attached hydrogens (tertiary/aromatic N) is 5. The van der Waals surface area contributed by atoms with Gasteiger partial charge in [0.15, 0.2) is 15.2 Å². The van der Waals surface area contributed by atoms with Gasteiger partial charge in [-0.25, -0.2) is 14.8 Å². The van der Waals surface area contributed by atoms with Crippen LogP contribution in [0, 0.1) is 0 Å². The number of oxime groups is 1. The van der Waals surface area contributed by atoms with E-state index in [1.54, 1.807) is 0 Å². The monoisotopic (exact) mass is 499 g/mol. The lowest BCUT2D eigenvalue weighted by Crippen LogP contribution is -2.71. The first-order valence-electron chi connectivity index (χ1n) is 8.44. The molecule has 5 N–H and O–H groups in total. The van der Waals surface area contributed by atoms with Gasteiger partial charge in [0.25, 0.3) is 11.8 Å². The lowest BCUT2D eigenvalue weighted by molar-refractivity contribution is -0.150. The zero-order chi connectivity index (χ0) is 22.1. The van der Waals surface area contributed by atoms with Crippen LogP contribution in [-0.2, 0) is 14.4 Å². The topological polar surface area (TPSA) is 184 Å². The fourth-order valence-electron chi connectivity index (χ4n) is 2.99. The van der Waals surface area contributed by atoms with Crippen molar-refractivity contribution in [1.82, 2.24) is 24.6 Å². The molecular formula is C15H13N7O5S4. The minimum Gasteiger partial charge on any atom is -0.477 e. The van der Waals surface area contributed by atoms with E-state index in [0.29, 0.717) is 21.4 Å². The summed E-state index contributed by atoms with van der Waals surface area (Å²) in [6.07, 6.45) is 1.42. The highest BCUT2D eigenvalue weighted by atomic mass is 32.2. The van der Waals surface area contributed by atoms with Crippen molar-refractivity contribution in [2.75, 3.05) is 17.2 Å². The molecule has 1 saturated heterocycles. The van der Waals surface area contributed by atoms with Gasteiger partial charge in [0.2, 0.25) is 0 Å². The Bertz CT molecular complexity index is 1100. The number of aromatic nitrogens is 3. The van der Waals surface area contributed by atoms with Crippen molar-refractivity contribution in [3.8, 4) is 0 Å². The number of hydrogen-bond donors (Lipinski definition) is 4. The Balaban J connectivity index is 1.48. The average molecular weight is 500 g/mol. The zero-order valence-electron chi connectivity index (χ0n) is 15.3. The molecule has 0 bridgehead atoms. The Morgan fingerprint density at radius 1 is 1.45 bits per heavy atom. The Kier molecular flexibility index (Phi) is 6.12. The van der Waals surface area contributed by atoms with Crippen molar-refractivity contribution in [1.29, 1.82) is 0 Å². The molecule has 0 unspecified atom stereocenters. The van der Waals surface area contributed by atoms with Crippen LogP contribution < -0.4 is 11.1 Å². The number of amides is 2. The summed E-state index contributed by atoms with van der Waals surface area (Å²) in [5.41, 5.74) is 5.73. The molecule has 2 amide bonds. The molecule has 162 valence electrons. The van der Waals surface area contributed by atoms with Gasteiger partial charge in [0.05, 0.1) is 0 Å². The van der Waals surface area contributed by atoms with E-state index in [2.05, 4.69) is 24.8 Å². The third kappa shape index (κ3) is 4.10. The molecule has 0 aliphatic carbocycles. The van der Waals surface area contributed by atoms with Crippen LogP contribution in [0.15, 0.2) is 32.5 Å². The van der Waals surface area contributed by atoms with Gasteiger partial charge in [-0.3, -0.25) is 14.5 Å². The summed E-state index contributed by atoms with van der Waals surface area (Å²) in [5, 5.41) is 25.4. The minimum atomic E-state index is -1.22. The largest absolute Gasteiger partial charge is 0.477 e. The minimum absolute atomic E-state index is 0.0736. The number of anilines is 1. The van der Waals surface area contributed by atoms with Crippen molar-refractivity contribution >= 4 is 75.0 Å². The fourth-order valence-corrected chi connectivity index (χ4v) is 6.47. The van der Waals surface area contributed by atoms with E-state index in [4.69, 9.17) is 5.73 Å². The molecule has 1 fully saturated rings. The van der Waals surface area contributed by atoms with Gasteiger partial charge in [-0.2, -0.15) is 4.37 Å². The summed E-state index contributed by atoms with van der Waals surface area (Å²) in [7, 11) is 0. The van der Waals surface area contributed by atoms with Crippen molar-refractivity contribution in [3.63, 3.8) is 0 Å². The van der Waals surface area contributed by atoms with Gasteiger partial charge in [-0.15, -0.1) is 23.1 Å². The first-order chi connectivity index (χ1) is 14.9. The molecule has 2 aromatic heterocycles. The summed E-state index contributed by atoms with van der Waals surface area (Å²) in [6.45, 7) is 0. The number of carbonyl (C=O) groups excluding carboxylic acids is 2. The number of fused-ring (bicyclic) bond motifs is 1. The molecule has 2 aliphatic heterocycles. The van der Waals surface area contributed by atoms with Crippen molar-refractivity contribution < 1.29 is 24.7 Å². The molecule has 0 radical (unpaired) electrons. The number of aliphatic carboxylic acids is 1. The average Bonchev–Trinajstić information content (AvgIpc) is 3.42. The molecule has 16 heteroatoms. The summed E-state index contributed by atoms with van der Waals surface area (Å²) in [5.74, 6) is -1.87. The van der Waals surface area contributed by atoms with E-state index in [-0.39, 0.29) is 22.2 Å². The zero-order valence-corrected chi connectivity index (χ0v) is 18.6. The van der Waals surface area contributed by atoms with Crippen LogP contribution in [0.4, 0.5) is 5.13 Å². The van der Waals surface area contributed by atoms with Gasteiger partial charge in [0.1, 0.15) is 29.1 Å². The normalized spacial score (nSPS) is 21.0. The number of carbonyl (C=O) groups is 3. The number of thioether (sulfide) groups is 2. The van der Waals surface area contributed by atoms with Crippen molar-refractivity contribution in [3.05, 3.63) is 28.7 Å². The number of β-lactam (4-membered cyclic amide) rings is 1. The van der Waals surface area contributed by atoms with E-state index >= 15 is 0 Å². The lowest BCUT2D eigenvalue weighted by atomic mass is 10.0. The summed E-state index contributed by atoms with van der Waals surface area (Å²) in [6, 6.07) is -0.961. The molecule has 0 aromatic carbocycles. The van der Waals surface area contributed by atoms with E-state index in [9.17, 15) is 24.7 Å². The molecule has 2 aromatic rings. The highest BCUT2D eigenvalue weighted by molar-refractivity contribution is 8.01. The van der Waals surface area contributed by atoms with E-state index in [1.165, 1.54) is 51.7 Å². The molecule has 0 saturated carbocycles. The van der Waals surface area contributed by atoms with Gasteiger partial charge in [0, 0.05) is 16.9 Å². The Morgan fingerprint density at radius 2 is 2.26 bits per heavy atom. The van der Waals surface area contributed by atoms with Gasteiger partial charge in [-0.1, -0.05) is 16.9 Å². The van der Waals surface area contributed by atoms with Gasteiger partial charge >= 0.3 is 5.97 Å². The summed E-state index contributed by atoms with van der Waals surface area (Å²) < 4.78 is 4.60. The Labute approximate surface area is 190 Å². The van der Waals surface area contributed by atoms with Gasteiger partial charge in [-0.05, 0) is 17.1 Å². The maximum Gasteiger partial charge on any atom is 0.352 e. The first kappa shape index (κ1) is 21.5. The highest BCUT2D eigenvalue weighted by Gasteiger charge is 2.54. The molecule has 4 rings (SSSR count). The van der Waals surface area contributed by atoms with Gasteiger partial charge < -0.3 is 21.4 Å². The van der Waals surface area contributed by atoms with Crippen LogP contribution in [0.3, 0.4) is 0 Å². The van der Waals surface area contributed by atoms with Crippen molar-refractivity contribution in [2.45, 2.75) is 15.8 Å². The van der Waals surface area contributed by atoms with Crippen LogP contribution in [0.2, 0.25) is 0 Å². The number of nitrogen functional groups attached to an aromatic ring is 1. The Hall–Kier alpha value is -2.69. The smallest absolute Gasteiger partial charge is 0.352 e. The predicted octanol–water partition coefficient (Wildman–Crippen LogP) is 0.286. The second kappa shape index (κ2) is 8.81. The molecule has 2 aliphatic rings. The SMILES string of the molecule is Nc1nc(/C(=N\O)C(=O)N[C@@H]2C(=O)N3C(C(=O)O)=C(CSc4ncns4)CS[C@H]23)cs1. The van der Waals surface area contributed by atoms with E-state index in [1.807, 2.05) is 0 Å². The number of nitrogens with one attached hydrogen (secondary N) is 1. The second-order valence-electron chi connectivity index (χ2n) is 6.13. The fraction of sp³-hybridized carbons (Fsp3) is 0.267. The number of carboxylic acid groups (broad SMARTS) is 1. The van der Waals surface area contributed by atoms with Crippen LogP contribution in [0.1, 0.15) is 5.69 Å². The number of hydrogen-bond acceptors (Lipinski definition) is 13. The Morgan fingerprint density at radius 3 is 2.87 bits per heavy atom. The summed E-state index contributed by atoms with van der Waals surface area (Å²) >= 11 is 4.95. The lowest BCUT2D eigenvalue weighted by Gasteiger charge is -2.49. The van der Waals surface area contributed by atoms with Crippen LogP contribution in [-0.4, -0.2) is 76.0 Å². The molecule has 4 heterocycles. The quantitative estimate of drug-likeness (QED) is 0.135. The standard InChI is InChI=1S/C15H13N7O5S4/c16-14-19-6(3-29-14)7(21-27)10(23)20-8-11(24)22-9(13(25)26)5(1-28-12(8)22)2-30-15-17-4-18-31-15/h3-4,8,12,27H,1-2H2,(H2,16,19)(H,20,23)(H,25,26)/b21-7+/t8-,12-/m1/s1. The number of rotatable bonds is 7. The molecular weight excluding hydrogens is 486 g/mol. The predicted molar refractivity (Wildman–Crippen MR) is 115 cm³/mol. The molecule has 31 heavy (non-hydrogen) atoms. The van der Waals surface area contributed by atoms with Crippen LogP contribution in [0.5, 0.6) is 0 Å². The number of carboxylic acids is 1. The van der Waals surface area contributed by atoms with E-state index in [0.717, 1.165) is 11.3 Å². The second-order valence-corrected chi connectivity index (χ2v) is 10.1. The third-order valence-corrected chi connectivity index (χ3v) is 8.22. The first-order valence-corrected chi connectivity index (χ1v) is 12.1. The maximum absolute atomic E-state index is 12.7. The van der Waals surface area contributed by atoms with E-state index < -0.39 is 29.2 Å². The molecule has 2 atom stereocenters. The third-order valence-electron chi connectivity index (χ3n) is 4.33. The molecule has 0 spiro atoms. The number of thiazole rings is 1. The van der Waals surface area contributed by atoms with Crippen LogP contribution >= 0.6 is 46.4 Å². The van der Waals surface area contributed by atoms with Crippen molar-refractivity contribution in [2.24, 2.45) is 5.16 Å².